The standard InChI is InChI=1S/C18H23N3O3/c1-12(2)11-20-6-8-21(9-7-20)16(22)13-4-5-14-15(10-13)18(24)19(3)17(14)23/h4-5,10,12H,6-9,11H2,1-3H3. The summed E-state index contributed by atoms with van der Waals surface area (Å²) < 4.78 is 0. The summed E-state index contributed by atoms with van der Waals surface area (Å²) in [6, 6.07) is 4.79. The predicted molar refractivity (Wildman–Crippen MR) is 90.0 cm³/mol. The van der Waals surface area contributed by atoms with Crippen molar-refractivity contribution in [2.75, 3.05) is 39.8 Å². The maximum Gasteiger partial charge on any atom is 0.261 e. The summed E-state index contributed by atoms with van der Waals surface area (Å²) in [7, 11) is 1.46. The topological polar surface area (TPSA) is 60.9 Å². The summed E-state index contributed by atoms with van der Waals surface area (Å²) in [6.07, 6.45) is 0. The van der Waals surface area contributed by atoms with Gasteiger partial charge in [-0.25, -0.2) is 0 Å². The van der Waals surface area contributed by atoms with E-state index >= 15 is 0 Å². The number of benzene rings is 1. The number of rotatable bonds is 3. The van der Waals surface area contributed by atoms with Crippen molar-refractivity contribution >= 4 is 17.7 Å². The van der Waals surface area contributed by atoms with E-state index in [1.807, 2.05) is 4.90 Å². The Morgan fingerprint density at radius 2 is 1.67 bits per heavy atom. The first kappa shape index (κ1) is 16.6. The number of fused-ring (bicyclic) bond motifs is 1. The summed E-state index contributed by atoms with van der Waals surface area (Å²) in [5, 5.41) is 0. The molecular formula is C18H23N3O3. The van der Waals surface area contributed by atoms with E-state index in [4.69, 9.17) is 0 Å². The van der Waals surface area contributed by atoms with Gasteiger partial charge in [0.1, 0.15) is 0 Å². The Morgan fingerprint density at radius 1 is 1.04 bits per heavy atom. The van der Waals surface area contributed by atoms with Gasteiger partial charge in [0.25, 0.3) is 17.7 Å². The van der Waals surface area contributed by atoms with Crippen LogP contribution in [-0.4, -0.2) is 72.2 Å². The van der Waals surface area contributed by atoms with Gasteiger partial charge >= 0.3 is 0 Å². The quantitative estimate of drug-likeness (QED) is 0.785. The molecule has 2 heterocycles. The van der Waals surface area contributed by atoms with Gasteiger partial charge in [-0.05, 0) is 24.1 Å². The Bertz CT molecular complexity index is 691. The maximum absolute atomic E-state index is 12.7. The first-order valence-corrected chi connectivity index (χ1v) is 8.36. The van der Waals surface area contributed by atoms with E-state index in [-0.39, 0.29) is 17.7 Å². The van der Waals surface area contributed by atoms with Crippen LogP contribution in [0.15, 0.2) is 18.2 Å². The minimum Gasteiger partial charge on any atom is -0.336 e. The van der Waals surface area contributed by atoms with Crippen molar-refractivity contribution in [1.29, 1.82) is 0 Å². The van der Waals surface area contributed by atoms with Gasteiger partial charge in [-0.1, -0.05) is 13.8 Å². The Kier molecular flexibility index (Phi) is 4.41. The van der Waals surface area contributed by atoms with Crippen molar-refractivity contribution < 1.29 is 14.4 Å². The molecule has 3 rings (SSSR count). The number of carbonyl (C=O) groups is 3. The van der Waals surface area contributed by atoms with Crippen LogP contribution in [0.5, 0.6) is 0 Å². The molecule has 3 amide bonds. The van der Waals surface area contributed by atoms with E-state index in [0.717, 1.165) is 24.5 Å². The van der Waals surface area contributed by atoms with Crippen molar-refractivity contribution in [2.45, 2.75) is 13.8 Å². The fourth-order valence-corrected chi connectivity index (χ4v) is 3.33. The average molecular weight is 329 g/mol. The van der Waals surface area contributed by atoms with E-state index in [2.05, 4.69) is 18.7 Å². The average Bonchev–Trinajstić information content (AvgIpc) is 2.78. The number of hydrogen-bond acceptors (Lipinski definition) is 4. The number of hydrogen-bond donors (Lipinski definition) is 0. The number of amides is 3. The van der Waals surface area contributed by atoms with Crippen LogP contribution in [0.2, 0.25) is 0 Å². The largest absolute Gasteiger partial charge is 0.336 e. The van der Waals surface area contributed by atoms with E-state index in [9.17, 15) is 14.4 Å². The van der Waals surface area contributed by atoms with E-state index in [1.54, 1.807) is 18.2 Å². The zero-order valence-electron chi connectivity index (χ0n) is 14.4. The van der Waals surface area contributed by atoms with Crippen LogP contribution < -0.4 is 0 Å². The van der Waals surface area contributed by atoms with E-state index < -0.39 is 0 Å². The molecular weight excluding hydrogens is 306 g/mol. The van der Waals surface area contributed by atoms with Crippen LogP contribution in [0.4, 0.5) is 0 Å². The van der Waals surface area contributed by atoms with Crippen molar-refractivity contribution in [2.24, 2.45) is 5.92 Å². The fraction of sp³-hybridized carbons (Fsp3) is 0.500. The molecule has 6 nitrogen and oxygen atoms in total. The molecule has 0 N–H and O–H groups in total. The third-order valence-corrected chi connectivity index (χ3v) is 4.62. The van der Waals surface area contributed by atoms with Crippen LogP contribution in [0, 0.1) is 5.92 Å². The molecule has 1 saturated heterocycles. The third-order valence-electron chi connectivity index (χ3n) is 4.62. The SMILES string of the molecule is CC(C)CN1CCN(C(=O)c2ccc3c(c2)C(=O)N(C)C3=O)CC1. The van der Waals surface area contributed by atoms with Gasteiger partial charge < -0.3 is 4.90 Å². The summed E-state index contributed by atoms with van der Waals surface area (Å²) in [6.45, 7) is 8.55. The van der Waals surface area contributed by atoms with Crippen molar-refractivity contribution in [1.82, 2.24) is 14.7 Å². The second kappa shape index (κ2) is 6.36. The molecule has 1 aromatic carbocycles. The highest BCUT2D eigenvalue weighted by atomic mass is 16.2. The lowest BCUT2D eigenvalue weighted by Crippen LogP contribution is -2.49. The van der Waals surface area contributed by atoms with Gasteiger partial charge in [-0.15, -0.1) is 0 Å². The van der Waals surface area contributed by atoms with Gasteiger partial charge in [-0.3, -0.25) is 24.2 Å². The molecule has 0 radical (unpaired) electrons. The number of nitrogens with zero attached hydrogens (tertiary/aromatic N) is 3. The molecule has 0 bridgehead atoms. The molecule has 6 heteroatoms. The minimum atomic E-state index is -0.341. The van der Waals surface area contributed by atoms with Gasteiger partial charge in [0.05, 0.1) is 11.1 Å². The summed E-state index contributed by atoms with van der Waals surface area (Å²) >= 11 is 0. The van der Waals surface area contributed by atoms with Crippen LogP contribution in [0.3, 0.4) is 0 Å². The number of carbonyl (C=O) groups excluding carboxylic acids is 3. The van der Waals surface area contributed by atoms with Crippen LogP contribution in [-0.2, 0) is 0 Å². The van der Waals surface area contributed by atoms with Crippen molar-refractivity contribution in [3.63, 3.8) is 0 Å². The van der Waals surface area contributed by atoms with Gasteiger partial charge in [-0.2, -0.15) is 0 Å². The molecule has 2 aliphatic heterocycles. The molecule has 1 fully saturated rings. The van der Waals surface area contributed by atoms with Crippen LogP contribution >= 0.6 is 0 Å². The molecule has 0 unspecified atom stereocenters. The summed E-state index contributed by atoms with van der Waals surface area (Å²) in [5.74, 6) is -0.107. The zero-order chi connectivity index (χ0) is 17.4. The second-order valence-corrected chi connectivity index (χ2v) is 6.92. The Balaban J connectivity index is 1.71. The minimum absolute atomic E-state index is 0.0724. The third kappa shape index (κ3) is 2.94. The highest BCUT2D eigenvalue weighted by Gasteiger charge is 2.33. The second-order valence-electron chi connectivity index (χ2n) is 6.92. The Hall–Kier alpha value is -2.21. The number of piperazine rings is 1. The Morgan fingerprint density at radius 3 is 2.29 bits per heavy atom. The zero-order valence-corrected chi connectivity index (χ0v) is 14.4. The monoisotopic (exact) mass is 329 g/mol. The Labute approximate surface area is 142 Å². The van der Waals surface area contributed by atoms with Crippen molar-refractivity contribution in [3.05, 3.63) is 34.9 Å². The number of imide groups is 1. The molecule has 2 aliphatic rings. The first-order chi connectivity index (χ1) is 11.4. The van der Waals surface area contributed by atoms with Gasteiger partial charge in [0, 0.05) is 45.3 Å². The van der Waals surface area contributed by atoms with E-state index in [1.165, 1.54) is 7.05 Å². The highest BCUT2D eigenvalue weighted by molar-refractivity contribution is 6.21. The molecule has 0 atom stereocenters. The lowest BCUT2D eigenvalue weighted by Gasteiger charge is -2.35. The molecule has 0 saturated carbocycles. The lowest BCUT2D eigenvalue weighted by molar-refractivity contribution is 0.0623. The van der Waals surface area contributed by atoms with E-state index in [0.29, 0.717) is 35.7 Å². The maximum atomic E-state index is 12.7. The molecule has 0 aromatic heterocycles. The smallest absolute Gasteiger partial charge is 0.261 e. The van der Waals surface area contributed by atoms with Gasteiger partial charge in [0.15, 0.2) is 0 Å². The highest BCUT2D eigenvalue weighted by Crippen LogP contribution is 2.23. The predicted octanol–water partition coefficient (Wildman–Crippen LogP) is 1.33. The van der Waals surface area contributed by atoms with Crippen LogP contribution in [0.25, 0.3) is 0 Å². The lowest BCUT2D eigenvalue weighted by atomic mass is 10.0. The molecule has 0 aliphatic carbocycles. The van der Waals surface area contributed by atoms with Crippen molar-refractivity contribution in [3.8, 4) is 0 Å². The first-order valence-electron chi connectivity index (χ1n) is 8.36. The molecule has 0 spiro atoms. The molecule has 128 valence electrons. The normalized spacial score (nSPS) is 18.5. The van der Waals surface area contributed by atoms with Gasteiger partial charge in [0.2, 0.25) is 0 Å². The van der Waals surface area contributed by atoms with Crippen LogP contribution in [0.1, 0.15) is 44.9 Å². The summed E-state index contributed by atoms with van der Waals surface area (Å²) in [4.78, 5) is 42.0. The molecule has 24 heavy (non-hydrogen) atoms. The summed E-state index contributed by atoms with van der Waals surface area (Å²) in [5.41, 5.74) is 1.18. The fourth-order valence-electron chi connectivity index (χ4n) is 3.33. The molecule has 1 aromatic rings.